The van der Waals surface area contributed by atoms with Gasteiger partial charge >= 0.3 is 0 Å². The van der Waals surface area contributed by atoms with Crippen molar-refractivity contribution in [2.75, 3.05) is 24.2 Å². The maximum absolute atomic E-state index is 12.2. The third-order valence-corrected chi connectivity index (χ3v) is 5.31. The zero-order chi connectivity index (χ0) is 14.6. The zero-order valence-electron chi connectivity index (χ0n) is 11.6. The molecule has 1 aliphatic heterocycles. The van der Waals surface area contributed by atoms with E-state index in [2.05, 4.69) is 10.6 Å². The fourth-order valence-electron chi connectivity index (χ4n) is 2.31. The Labute approximate surface area is 119 Å². The minimum atomic E-state index is -3.34. The van der Waals surface area contributed by atoms with Crippen LogP contribution in [0, 0.1) is 5.92 Å². The van der Waals surface area contributed by atoms with Crippen molar-refractivity contribution in [1.82, 2.24) is 5.32 Å². The highest BCUT2D eigenvalue weighted by molar-refractivity contribution is 7.91. The van der Waals surface area contributed by atoms with Gasteiger partial charge in [-0.1, -0.05) is 19.1 Å². The number of para-hydroxylation sites is 1. The summed E-state index contributed by atoms with van der Waals surface area (Å²) in [5, 5.41) is 5.94. The second kappa shape index (κ2) is 6.37. The molecular formula is C14H20N2O3S. The summed E-state index contributed by atoms with van der Waals surface area (Å²) in [5.41, 5.74) is 0.380. The summed E-state index contributed by atoms with van der Waals surface area (Å²) in [6, 6.07) is 6.56. The Balaban J connectivity index is 2.19. The number of piperidine rings is 1. The van der Waals surface area contributed by atoms with Crippen molar-refractivity contribution in [2.24, 2.45) is 5.92 Å². The Morgan fingerprint density at radius 2 is 2.15 bits per heavy atom. The predicted molar refractivity (Wildman–Crippen MR) is 78.4 cm³/mol. The lowest BCUT2D eigenvalue weighted by atomic mass is 9.99. The van der Waals surface area contributed by atoms with E-state index in [0.717, 1.165) is 19.4 Å². The molecule has 1 saturated heterocycles. The largest absolute Gasteiger partial charge is 0.325 e. The molecule has 0 aliphatic carbocycles. The second-order valence-electron chi connectivity index (χ2n) is 4.93. The molecule has 1 fully saturated rings. The summed E-state index contributed by atoms with van der Waals surface area (Å²) in [6.45, 7) is 3.18. The fourth-order valence-corrected chi connectivity index (χ4v) is 3.36. The molecule has 1 atom stereocenters. The van der Waals surface area contributed by atoms with Gasteiger partial charge in [-0.15, -0.1) is 0 Å². The van der Waals surface area contributed by atoms with Crippen molar-refractivity contribution < 1.29 is 13.2 Å². The van der Waals surface area contributed by atoms with E-state index in [1.54, 1.807) is 25.1 Å². The molecule has 1 unspecified atom stereocenters. The summed E-state index contributed by atoms with van der Waals surface area (Å²) >= 11 is 0. The molecule has 1 amide bonds. The Bertz CT molecular complexity index is 578. The lowest BCUT2D eigenvalue weighted by molar-refractivity contribution is -0.120. The van der Waals surface area contributed by atoms with Gasteiger partial charge < -0.3 is 10.6 Å². The van der Waals surface area contributed by atoms with Crippen molar-refractivity contribution in [2.45, 2.75) is 24.7 Å². The zero-order valence-corrected chi connectivity index (χ0v) is 12.4. The van der Waals surface area contributed by atoms with E-state index in [-0.39, 0.29) is 22.5 Å². The highest BCUT2D eigenvalue weighted by Crippen LogP contribution is 2.23. The molecule has 1 heterocycles. The van der Waals surface area contributed by atoms with Crippen LogP contribution in [-0.4, -0.2) is 33.2 Å². The Morgan fingerprint density at radius 3 is 2.80 bits per heavy atom. The molecule has 2 rings (SSSR count). The summed E-state index contributed by atoms with van der Waals surface area (Å²) < 4.78 is 24.0. The quantitative estimate of drug-likeness (QED) is 0.881. The van der Waals surface area contributed by atoms with Crippen LogP contribution in [0.1, 0.15) is 19.8 Å². The molecule has 1 aromatic carbocycles. The van der Waals surface area contributed by atoms with Crippen molar-refractivity contribution in [3.63, 3.8) is 0 Å². The number of hydrogen-bond donors (Lipinski definition) is 2. The minimum Gasteiger partial charge on any atom is -0.325 e. The number of amides is 1. The number of carbonyl (C=O) groups is 1. The van der Waals surface area contributed by atoms with Crippen molar-refractivity contribution in [1.29, 1.82) is 0 Å². The molecule has 20 heavy (non-hydrogen) atoms. The first-order valence-corrected chi connectivity index (χ1v) is 8.53. The first-order chi connectivity index (χ1) is 9.54. The highest BCUT2D eigenvalue weighted by Gasteiger charge is 2.23. The van der Waals surface area contributed by atoms with Crippen LogP contribution in [0.5, 0.6) is 0 Å². The number of nitrogens with one attached hydrogen (secondary N) is 2. The normalized spacial score (nSPS) is 19.6. The molecule has 0 bridgehead atoms. The van der Waals surface area contributed by atoms with Crippen molar-refractivity contribution in [3.8, 4) is 0 Å². The van der Waals surface area contributed by atoms with Gasteiger partial charge in [0.1, 0.15) is 0 Å². The van der Waals surface area contributed by atoms with E-state index in [1.807, 2.05) is 0 Å². The summed E-state index contributed by atoms with van der Waals surface area (Å²) in [5.74, 6) is -0.192. The van der Waals surface area contributed by atoms with E-state index in [4.69, 9.17) is 0 Å². The van der Waals surface area contributed by atoms with Gasteiger partial charge in [0.25, 0.3) is 0 Å². The monoisotopic (exact) mass is 296 g/mol. The molecule has 110 valence electrons. The molecule has 1 aromatic rings. The lowest BCUT2D eigenvalue weighted by Gasteiger charge is -2.22. The number of carbonyl (C=O) groups excluding carboxylic acids is 1. The summed E-state index contributed by atoms with van der Waals surface area (Å²) in [7, 11) is -3.34. The van der Waals surface area contributed by atoms with Gasteiger partial charge in [0.05, 0.1) is 22.3 Å². The lowest BCUT2D eigenvalue weighted by Crippen LogP contribution is -2.37. The van der Waals surface area contributed by atoms with Gasteiger partial charge in [-0.05, 0) is 31.5 Å². The third kappa shape index (κ3) is 3.37. The SMILES string of the molecule is CCS(=O)(=O)c1ccccc1NC(=O)C1CCCNC1. The number of rotatable bonds is 4. The van der Waals surface area contributed by atoms with Crippen LogP contribution in [0.2, 0.25) is 0 Å². The molecule has 6 heteroatoms. The average Bonchev–Trinajstić information content (AvgIpc) is 2.48. The first kappa shape index (κ1) is 15.0. The predicted octanol–water partition coefficient (Wildman–Crippen LogP) is 1.42. The average molecular weight is 296 g/mol. The van der Waals surface area contributed by atoms with E-state index in [0.29, 0.717) is 12.2 Å². The number of benzene rings is 1. The van der Waals surface area contributed by atoms with E-state index >= 15 is 0 Å². The van der Waals surface area contributed by atoms with Crippen LogP contribution in [0.25, 0.3) is 0 Å². The van der Waals surface area contributed by atoms with E-state index < -0.39 is 9.84 Å². The molecular weight excluding hydrogens is 276 g/mol. The third-order valence-electron chi connectivity index (χ3n) is 3.53. The van der Waals surface area contributed by atoms with Crippen LogP contribution in [0.4, 0.5) is 5.69 Å². The molecule has 2 N–H and O–H groups in total. The van der Waals surface area contributed by atoms with Gasteiger partial charge in [0, 0.05) is 6.54 Å². The number of hydrogen-bond acceptors (Lipinski definition) is 4. The molecule has 5 nitrogen and oxygen atoms in total. The second-order valence-corrected chi connectivity index (χ2v) is 7.18. The summed E-state index contributed by atoms with van der Waals surface area (Å²) in [4.78, 5) is 12.4. The maximum Gasteiger partial charge on any atom is 0.228 e. The Kier molecular flexibility index (Phi) is 4.77. The van der Waals surface area contributed by atoms with Crippen molar-refractivity contribution in [3.05, 3.63) is 24.3 Å². The molecule has 0 spiro atoms. The van der Waals surface area contributed by atoms with Crippen LogP contribution in [-0.2, 0) is 14.6 Å². The first-order valence-electron chi connectivity index (χ1n) is 6.88. The maximum atomic E-state index is 12.2. The Hall–Kier alpha value is -1.40. The number of sulfone groups is 1. The van der Waals surface area contributed by atoms with Crippen molar-refractivity contribution >= 4 is 21.4 Å². The topological polar surface area (TPSA) is 75.3 Å². The van der Waals surface area contributed by atoms with Crippen LogP contribution in [0.3, 0.4) is 0 Å². The Morgan fingerprint density at radius 1 is 1.40 bits per heavy atom. The standard InChI is InChI=1S/C14H20N2O3S/c1-2-20(18,19)13-8-4-3-7-12(13)16-14(17)11-6-5-9-15-10-11/h3-4,7-8,11,15H,2,5-6,9-10H2,1H3,(H,16,17). The van der Waals surface area contributed by atoms with E-state index in [1.165, 1.54) is 6.07 Å². The number of anilines is 1. The van der Waals surface area contributed by atoms with Gasteiger partial charge in [-0.2, -0.15) is 0 Å². The smallest absolute Gasteiger partial charge is 0.228 e. The van der Waals surface area contributed by atoms with Crippen LogP contribution < -0.4 is 10.6 Å². The van der Waals surface area contributed by atoms with Gasteiger partial charge in [0.15, 0.2) is 9.84 Å². The van der Waals surface area contributed by atoms with Gasteiger partial charge in [-0.3, -0.25) is 4.79 Å². The minimum absolute atomic E-state index is 0.0187. The van der Waals surface area contributed by atoms with Gasteiger partial charge in [-0.25, -0.2) is 8.42 Å². The molecule has 1 aliphatic rings. The molecule has 0 aromatic heterocycles. The van der Waals surface area contributed by atoms with E-state index in [9.17, 15) is 13.2 Å². The van der Waals surface area contributed by atoms with Crippen LogP contribution in [0.15, 0.2) is 29.2 Å². The molecule has 0 radical (unpaired) electrons. The highest BCUT2D eigenvalue weighted by atomic mass is 32.2. The van der Waals surface area contributed by atoms with Crippen LogP contribution >= 0.6 is 0 Å². The fraction of sp³-hybridized carbons (Fsp3) is 0.500. The van der Waals surface area contributed by atoms with Gasteiger partial charge in [0.2, 0.25) is 5.91 Å². The summed E-state index contributed by atoms with van der Waals surface area (Å²) in [6.07, 6.45) is 1.80. The molecule has 0 saturated carbocycles.